The molecule has 0 radical (unpaired) electrons. The molecule has 1 aromatic rings. The molecule has 0 amide bonds. The monoisotopic (exact) mass is 346 g/mol. The molecule has 0 fully saturated rings. The van der Waals surface area contributed by atoms with E-state index in [9.17, 15) is 4.79 Å². The number of hydrogen-bond acceptors (Lipinski definition) is 4. The van der Waals surface area contributed by atoms with E-state index in [1.165, 1.54) is 0 Å². The van der Waals surface area contributed by atoms with Crippen molar-refractivity contribution in [3.05, 3.63) is 17.7 Å². The van der Waals surface area contributed by atoms with Crippen molar-refractivity contribution in [1.82, 2.24) is 0 Å². The summed E-state index contributed by atoms with van der Waals surface area (Å²) >= 11 is 0. The van der Waals surface area contributed by atoms with Crippen molar-refractivity contribution in [3.8, 4) is 17.2 Å². The molecule has 24 heavy (non-hydrogen) atoms. The summed E-state index contributed by atoms with van der Waals surface area (Å²) in [4.78, 5) is 12.7. The Morgan fingerprint density at radius 2 is 1.58 bits per heavy atom. The summed E-state index contributed by atoms with van der Waals surface area (Å²) in [6.45, 7) is 8.85. The Labute approximate surface area is 160 Å². The first-order valence-electron chi connectivity index (χ1n) is 7.73. The van der Waals surface area contributed by atoms with Crippen LogP contribution in [0.25, 0.3) is 0 Å². The van der Waals surface area contributed by atoms with Crippen molar-refractivity contribution in [3.63, 3.8) is 0 Å². The zero-order valence-corrected chi connectivity index (χ0v) is 17.1. The molecule has 0 aliphatic rings. The maximum Gasteiger partial charge on any atom is 1.00 e. The molecule has 1 rings (SSSR count). The molecule has 0 spiro atoms. The molecule has 6 heteroatoms. The Hall–Kier alpha value is -0.683. The van der Waals surface area contributed by atoms with Crippen LogP contribution in [0.1, 0.15) is 44.5 Å². The second-order valence-corrected chi connectivity index (χ2v) is 8.01. The second-order valence-electron chi connectivity index (χ2n) is 6.92. The van der Waals surface area contributed by atoms with Gasteiger partial charge in [0.1, 0.15) is 17.2 Å². The van der Waals surface area contributed by atoms with Gasteiger partial charge >= 0.3 is 18.9 Å². The summed E-state index contributed by atoms with van der Waals surface area (Å²) in [5.74, 6) is 2.06. The van der Waals surface area contributed by atoms with Crippen molar-refractivity contribution >= 4 is 14.1 Å². The fraction of sp³-hybridized carbons (Fsp3) is 0.611. The maximum atomic E-state index is 12.7. The average Bonchev–Trinajstić information content (AvgIpc) is 2.49. The number of ether oxygens (including phenoxy) is 3. The molecule has 0 saturated heterocycles. The minimum atomic E-state index is 0. The number of carbonyl (C=O) groups is 1. The number of benzene rings is 1. The fourth-order valence-corrected chi connectivity index (χ4v) is 3.63. The van der Waals surface area contributed by atoms with Crippen molar-refractivity contribution in [2.24, 2.45) is 11.3 Å². The summed E-state index contributed by atoms with van der Waals surface area (Å²) in [6.07, 6.45) is 1.92. The first-order chi connectivity index (χ1) is 10.7. The van der Waals surface area contributed by atoms with E-state index in [-0.39, 0.29) is 29.8 Å². The van der Waals surface area contributed by atoms with Gasteiger partial charge in [-0.15, -0.1) is 0 Å². The van der Waals surface area contributed by atoms with Gasteiger partial charge in [0.2, 0.25) is 0 Å². The Balaban J connectivity index is 0.00000529. The quantitative estimate of drug-likeness (QED) is 0.533. The first kappa shape index (κ1) is 23.3. The topological polar surface area (TPSA) is 44.8 Å². The Bertz CT molecular complexity index is 515. The van der Waals surface area contributed by atoms with Crippen LogP contribution in [0.5, 0.6) is 17.2 Å². The second kappa shape index (κ2) is 10.3. The zero-order chi connectivity index (χ0) is 17.6. The van der Waals surface area contributed by atoms with Gasteiger partial charge in [0.05, 0.1) is 26.9 Å². The molecule has 0 aliphatic heterocycles. The molecule has 0 aromatic heterocycles. The summed E-state index contributed by atoms with van der Waals surface area (Å²) in [7, 11) is 5.42. The Morgan fingerprint density at radius 3 is 1.96 bits per heavy atom. The SMILES string of the molecule is COc1cc(OC)c(C(=O)[P-]CC(C)CC(C)(C)C)c(OC)c1.[Li+]. The molecule has 0 saturated carbocycles. The van der Waals surface area contributed by atoms with Gasteiger partial charge in [0.15, 0.2) is 0 Å². The third-order valence-electron chi connectivity index (χ3n) is 3.44. The van der Waals surface area contributed by atoms with Crippen LogP contribution in [0.15, 0.2) is 12.1 Å². The standard InChI is InChI=1S/C18H28O4P.Li/c1-12(10-18(2,3)4)11-23-17(19)16-14(21-6)8-13(20-5)9-15(16)22-7;/h8-9,12H,10-11H2,1-7H3;/q-1;+1. The van der Waals surface area contributed by atoms with E-state index >= 15 is 0 Å². The van der Waals surface area contributed by atoms with Crippen molar-refractivity contribution < 1.29 is 37.9 Å². The van der Waals surface area contributed by atoms with Gasteiger partial charge in [0.25, 0.3) is 0 Å². The van der Waals surface area contributed by atoms with Crippen LogP contribution in [0, 0.1) is 11.3 Å². The van der Waals surface area contributed by atoms with Gasteiger partial charge in [-0.1, -0.05) is 33.6 Å². The van der Waals surface area contributed by atoms with Crippen molar-refractivity contribution in [2.75, 3.05) is 27.5 Å². The first-order valence-corrected chi connectivity index (χ1v) is 8.81. The molecule has 1 aromatic carbocycles. The normalized spacial score (nSPS) is 12.6. The number of hydrogen-bond donors (Lipinski definition) is 0. The predicted octanol–water partition coefficient (Wildman–Crippen LogP) is 1.88. The van der Waals surface area contributed by atoms with Crippen molar-refractivity contribution in [2.45, 2.75) is 34.1 Å². The molecule has 0 N–H and O–H groups in total. The molecule has 1 atom stereocenters. The van der Waals surface area contributed by atoms with Crippen LogP contribution < -0.4 is 33.1 Å². The van der Waals surface area contributed by atoms with Crippen LogP contribution in [-0.4, -0.2) is 33.0 Å². The average molecular weight is 346 g/mol. The van der Waals surface area contributed by atoms with Gasteiger partial charge < -0.3 is 27.6 Å². The minimum absolute atomic E-state index is 0. The van der Waals surface area contributed by atoms with E-state index < -0.39 is 0 Å². The van der Waals surface area contributed by atoms with E-state index in [2.05, 4.69) is 27.7 Å². The van der Waals surface area contributed by atoms with Crippen LogP contribution in [-0.2, 0) is 0 Å². The van der Waals surface area contributed by atoms with Crippen LogP contribution in [0.2, 0.25) is 0 Å². The Morgan fingerprint density at radius 1 is 1.08 bits per heavy atom. The summed E-state index contributed by atoms with van der Waals surface area (Å²) < 4.78 is 15.9. The minimum Gasteiger partial charge on any atom is -0.496 e. The summed E-state index contributed by atoms with van der Waals surface area (Å²) in [5.41, 5.74) is 0.774. The van der Waals surface area contributed by atoms with Crippen LogP contribution >= 0.6 is 8.58 Å². The Kier molecular flexibility index (Phi) is 10.0. The number of carbonyl (C=O) groups excluding carboxylic acids is 1. The van der Waals surface area contributed by atoms with Gasteiger partial charge in [0, 0.05) is 17.7 Å². The molecule has 0 aliphatic carbocycles. The maximum absolute atomic E-state index is 12.7. The van der Waals surface area contributed by atoms with Crippen LogP contribution in [0.3, 0.4) is 0 Å². The molecular formula is C18H28LiO4P. The van der Waals surface area contributed by atoms with Crippen molar-refractivity contribution in [1.29, 1.82) is 0 Å². The molecule has 1 unspecified atom stereocenters. The van der Waals surface area contributed by atoms with E-state index in [0.29, 0.717) is 28.7 Å². The van der Waals surface area contributed by atoms with Gasteiger partial charge in [-0.2, -0.15) is 6.16 Å². The van der Waals surface area contributed by atoms with E-state index in [0.717, 1.165) is 21.2 Å². The smallest absolute Gasteiger partial charge is 0.496 e. The summed E-state index contributed by atoms with van der Waals surface area (Å²) in [6, 6.07) is 3.42. The molecule has 0 bridgehead atoms. The third kappa shape index (κ3) is 7.05. The van der Waals surface area contributed by atoms with Crippen LogP contribution in [0.4, 0.5) is 0 Å². The molecular weight excluding hydrogens is 318 g/mol. The van der Waals surface area contributed by atoms with E-state index in [4.69, 9.17) is 14.2 Å². The van der Waals surface area contributed by atoms with Gasteiger partial charge in [-0.3, -0.25) is 0 Å². The molecule has 0 heterocycles. The number of rotatable bonds is 8. The fourth-order valence-electron chi connectivity index (χ4n) is 2.64. The van der Waals surface area contributed by atoms with E-state index in [1.807, 2.05) is 0 Å². The largest absolute Gasteiger partial charge is 1.00 e. The summed E-state index contributed by atoms with van der Waals surface area (Å²) in [5, 5.41) is 0. The molecule has 4 nitrogen and oxygen atoms in total. The third-order valence-corrected chi connectivity index (χ3v) is 4.75. The van der Waals surface area contributed by atoms with E-state index in [1.54, 1.807) is 33.5 Å². The predicted molar refractivity (Wildman–Crippen MR) is 95.5 cm³/mol. The number of methoxy groups -OCH3 is 3. The molecule has 130 valence electrons. The van der Waals surface area contributed by atoms with Gasteiger partial charge in [-0.25, -0.2) is 0 Å². The zero-order valence-electron chi connectivity index (χ0n) is 16.2. The van der Waals surface area contributed by atoms with Gasteiger partial charge in [-0.05, 0) is 11.8 Å².